The highest BCUT2D eigenvalue weighted by Gasteiger charge is 2.07. The van der Waals surface area contributed by atoms with Crippen LogP contribution in [0.25, 0.3) is 0 Å². The maximum Gasteiger partial charge on any atom is 0.402 e. The zero-order valence-corrected chi connectivity index (χ0v) is 3.79. The summed E-state index contributed by atoms with van der Waals surface area (Å²) in [7, 11) is 0. The molecule has 4 nitrogen and oxygen atoms in total. The van der Waals surface area contributed by atoms with Crippen molar-refractivity contribution in [2.24, 2.45) is 0 Å². The molecule has 0 atom stereocenters. The third-order valence-corrected chi connectivity index (χ3v) is 0. The van der Waals surface area contributed by atoms with Crippen LogP contribution in [-0.4, -0.2) is 37.6 Å². The second-order valence-electron chi connectivity index (χ2n) is 0.600. The van der Waals surface area contributed by atoms with E-state index in [1.165, 1.54) is 0 Å². The van der Waals surface area contributed by atoms with Gasteiger partial charge in [-0.25, -0.2) is 0 Å². The number of hydrogen-bond acceptors (Lipinski definition) is 4. The van der Waals surface area contributed by atoms with Gasteiger partial charge in [-0.2, -0.15) is 0 Å². The molecule has 0 bridgehead atoms. The second-order valence-corrected chi connectivity index (χ2v) is 0.600. The lowest BCUT2D eigenvalue weighted by Crippen LogP contribution is -2.25. The van der Waals surface area contributed by atoms with Crippen LogP contribution < -0.4 is 0 Å². The van der Waals surface area contributed by atoms with Crippen LogP contribution in [0.4, 0.5) is 0 Å². The quantitative estimate of drug-likeness (QED) is 0.199. The topological polar surface area (TPSA) is 80.9 Å². The maximum atomic E-state index is 7.19. The first-order valence-electron chi connectivity index (χ1n) is 0.894. The molecule has 0 aromatic heterocycles. The van der Waals surface area contributed by atoms with E-state index in [2.05, 4.69) is 0 Å². The molecule has 0 aromatic rings. The van der Waals surface area contributed by atoms with E-state index in [1.54, 1.807) is 0 Å². The molecule has 4 N–H and O–H groups in total. The largest absolute Gasteiger partial charge is 0.402 e. The molecule has 0 spiro atoms. The van der Waals surface area contributed by atoms with Gasteiger partial charge in [0.1, 0.15) is 0 Å². The van der Waals surface area contributed by atoms with Gasteiger partial charge in [-0.3, -0.25) is 0 Å². The molecule has 0 aromatic carbocycles. The third kappa shape index (κ3) is 11700. The minimum Gasteiger partial charge on any atom is -0.319 e. The number of hydrogen-bond donors (Lipinski definition) is 4. The Morgan fingerprint density at radius 2 is 0.833 bits per heavy atom. The minimum absolute atomic E-state index is 0. The molecular formula is CH4O4Si. The van der Waals surface area contributed by atoms with E-state index >= 15 is 0 Å². The summed E-state index contributed by atoms with van der Waals surface area (Å²) in [6, 6.07) is 0. The smallest absolute Gasteiger partial charge is 0.319 e. The molecule has 0 aliphatic heterocycles. The lowest BCUT2D eigenvalue weighted by Gasteiger charge is -1.99. The Balaban J connectivity index is 0. The highest BCUT2D eigenvalue weighted by molar-refractivity contribution is 5.75. The van der Waals surface area contributed by atoms with Gasteiger partial charge in [0, 0.05) is 11.0 Å². The SMILES string of the molecule is OC(O)(O)O.[Si]. The normalized spacial score (nSPS) is 10.0. The summed E-state index contributed by atoms with van der Waals surface area (Å²) >= 11 is 0. The molecule has 0 saturated carbocycles. The van der Waals surface area contributed by atoms with Crippen molar-refractivity contribution in [3.8, 4) is 0 Å². The van der Waals surface area contributed by atoms with Gasteiger partial charge >= 0.3 is 6.16 Å². The summed E-state index contributed by atoms with van der Waals surface area (Å²) in [6.45, 7) is 0. The van der Waals surface area contributed by atoms with Crippen LogP contribution in [-0.2, 0) is 0 Å². The first-order valence-corrected chi connectivity index (χ1v) is 0.894. The summed E-state index contributed by atoms with van der Waals surface area (Å²) in [5, 5.41) is 28.8. The highest BCUT2D eigenvalue weighted by Crippen LogP contribution is 1.75. The number of rotatable bonds is 0. The van der Waals surface area contributed by atoms with E-state index in [-0.39, 0.29) is 11.0 Å². The molecule has 0 saturated heterocycles. The molecule has 6 heavy (non-hydrogen) atoms. The van der Waals surface area contributed by atoms with Crippen LogP contribution >= 0.6 is 0 Å². The summed E-state index contributed by atoms with van der Waals surface area (Å²) in [5.74, 6) is 0. The Bertz CT molecular complexity index is 23.0. The van der Waals surface area contributed by atoms with Crippen molar-refractivity contribution >= 4 is 11.0 Å². The van der Waals surface area contributed by atoms with Crippen molar-refractivity contribution in [3.05, 3.63) is 0 Å². The standard InChI is InChI=1S/CH4O4.Si/c2-1(3,4)5;/h2-5H;. The summed E-state index contributed by atoms with van der Waals surface area (Å²) in [5.41, 5.74) is 0. The fraction of sp³-hybridized carbons (Fsp3) is 1.00. The van der Waals surface area contributed by atoms with Crippen LogP contribution in [0.3, 0.4) is 0 Å². The molecule has 0 heterocycles. The Hall–Kier alpha value is 0.0569. The van der Waals surface area contributed by atoms with E-state index in [1.807, 2.05) is 0 Å². The van der Waals surface area contributed by atoms with Gasteiger partial charge in [0.2, 0.25) is 0 Å². The summed E-state index contributed by atoms with van der Waals surface area (Å²) in [6.07, 6.45) is -3.50. The summed E-state index contributed by atoms with van der Waals surface area (Å²) < 4.78 is 0. The van der Waals surface area contributed by atoms with Crippen molar-refractivity contribution in [2.75, 3.05) is 0 Å². The van der Waals surface area contributed by atoms with E-state index in [9.17, 15) is 0 Å². The molecular weight excluding hydrogens is 104 g/mol. The van der Waals surface area contributed by atoms with Gasteiger partial charge in [-0.15, -0.1) is 0 Å². The average molecular weight is 108 g/mol. The minimum atomic E-state index is -3.50. The molecule has 4 radical (unpaired) electrons. The molecule has 0 fully saturated rings. The van der Waals surface area contributed by atoms with Crippen LogP contribution in [0.2, 0.25) is 0 Å². The Kier molecular flexibility index (Phi) is 3.56. The monoisotopic (exact) mass is 108 g/mol. The Morgan fingerprint density at radius 3 is 0.833 bits per heavy atom. The predicted octanol–water partition coefficient (Wildman–Crippen LogP) is -2.81. The Morgan fingerprint density at radius 1 is 0.833 bits per heavy atom. The van der Waals surface area contributed by atoms with E-state index in [4.69, 9.17) is 20.4 Å². The number of aliphatic hydroxyl groups is 4. The highest BCUT2D eigenvalue weighted by atomic mass is 28.1. The average Bonchev–Trinajstić information content (AvgIpc) is 0.722. The van der Waals surface area contributed by atoms with Gasteiger partial charge in [-0.1, -0.05) is 0 Å². The first-order chi connectivity index (χ1) is 2.00. The zero-order valence-electron chi connectivity index (χ0n) is 2.79. The van der Waals surface area contributed by atoms with Crippen molar-refractivity contribution in [3.63, 3.8) is 0 Å². The molecule has 0 aliphatic rings. The summed E-state index contributed by atoms with van der Waals surface area (Å²) in [4.78, 5) is 0. The van der Waals surface area contributed by atoms with Gasteiger partial charge in [0.05, 0.1) is 0 Å². The van der Waals surface area contributed by atoms with Crippen LogP contribution in [0.15, 0.2) is 0 Å². The molecule has 5 heteroatoms. The Labute approximate surface area is 38.7 Å². The first kappa shape index (κ1) is 9.41. The second kappa shape index (κ2) is 2.27. The fourth-order valence-corrected chi connectivity index (χ4v) is 0. The third-order valence-electron chi connectivity index (χ3n) is 0. The van der Waals surface area contributed by atoms with Crippen LogP contribution in [0.1, 0.15) is 0 Å². The predicted molar refractivity (Wildman–Crippen MR) is 17.4 cm³/mol. The van der Waals surface area contributed by atoms with Crippen molar-refractivity contribution < 1.29 is 20.4 Å². The zero-order chi connectivity index (χ0) is 4.50. The molecule has 36 valence electrons. The van der Waals surface area contributed by atoms with Gasteiger partial charge in [-0.05, 0) is 0 Å². The van der Waals surface area contributed by atoms with Crippen molar-refractivity contribution in [1.29, 1.82) is 0 Å². The van der Waals surface area contributed by atoms with Gasteiger partial charge in [0.25, 0.3) is 0 Å². The maximum absolute atomic E-state index is 7.19. The van der Waals surface area contributed by atoms with E-state index < -0.39 is 6.16 Å². The van der Waals surface area contributed by atoms with Gasteiger partial charge < -0.3 is 20.4 Å². The lowest BCUT2D eigenvalue weighted by atomic mass is 11.2. The van der Waals surface area contributed by atoms with E-state index in [0.717, 1.165) is 0 Å². The van der Waals surface area contributed by atoms with Crippen molar-refractivity contribution in [2.45, 2.75) is 6.16 Å². The van der Waals surface area contributed by atoms with Crippen LogP contribution in [0.5, 0.6) is 0 Å². The van der Waals surface area contributed by atoms with E-state index in [0.29, 0.717) is 0 Å². The molecule has 0 amide bonds. The van der Waals surface area contributed by atoms with Crippen LogP contribution in [0, 0.1) is 0 Å². The van der Waals surface area contributed by atoms with Gasteiger partial charge in [0.15, 0.2) is 0 Å². The van der Waals surface area contributed by atoms with Crippen molar-refractivity contribution in [1.82, 2.24) is 0 Å². The molecule has 0 aliphatic carbocycles. The lowest BCUT2D eigenvalue weighted by molar-refractivity contribution is -0.436. The molecule has 0 rings (SSSR count). The fourth-order valence-electron chi connectivity index (χ4n) is 0. The molecule has 0 unspecified atom stereocenters.